The highest BCUT2D eigenvalue weighted by atomic mass is 35.5. The summed E-state index contributed by atoms with van der Waals surface area (Å²) >= 11 is 11.7. The van der Waals surface area contributed by atoms with Gasteiger partial charge in [-0.2, -0.15) is 0 Å². The minimum Gasteiger partial charge on any atom is -0.382 e. The molecule has 2 nitrogen and oxygen atoms in total. The van der Waals surface area contributed by atoms with Gasteiger partial charge in [0.05, 0.1) is 10.7 Å². The summed E-state index contributed by atoms with van der Waals surface area (Å²) in [4.78, 5) is 4.06. The van der Waals surface area contributed by atoms with Crippen molar-refractivity contribution in [3.05, 3.63) is 63.9 Å². The van der Waals surface area contributed by atoms with Crippen LogP contribution in [0, 0.1) is 0 Å². The smallest absolute Gasteiger partial charge is 0.122 e. The predicted octanol–water partition coefficient (Wildman–Crippen LogP) is 3.47. The zero-order valence-electron chi connectivity index (χ0n) is 8.27. The zero-order valence-corrected chi connectivity index (χ0v) is 9.78. The van der Waals surface area contributed by atoms with Gasteiger partial charge in [0.1, 0.15) is 6.10 Å². The third-order valence-corrected chi connectivity index (χ3v) is 2.80. The van der Waals surface area contributed by atoms with E-state index >= 15 is 0 Å². The Kier molecular flexibility index (Phi) is 3.44. The van der Waals surface area contributed by atoms with Crippen molar-refractivity contribution in [2.24, 2.45) is 0 Å². The first-order valence-electron chi connectivity index (χ1n) is 4.72. The SMILES string of the molecule is OC(c1ccc(Cl)cc1)c1ncccc1Cl. The van der Waals surface area contributed by atoms with Gasteiger partial charge in [0.15, 0.2) is 0 Å². The van der Waals surface area contributed by atoms with Gasteiger partial charge in [-0.1, -0.05) is 35.3 Å². The third-order valence-electron chi connectivity index (χ3n) is 2.23. The maximum atomic E-state index is 10.1. The number of halogens is 2. The van der Waals surface area contributed by atoms with Gasteiger partial charge < -0.3 is 5.11 Å². The first-order chi connectivity index (χ1) is 7.68. The average molecular weight is 254 g/mol. The summed E-state index contributed by atoms with van der Waals surface area (Å²) in [5, 5.41) is 11.2. The molecule has 0 aliphatic carbocycles. The Balaban J connectivity index is 2.35. The van der Waals surface area contributed by atoms with Crippen LogP contribution in [0.3, 0.4) is 0 Å². The number of pyridine rings is 1. The van der Waals surface area contributed by atoms with Gasteiger partial charge in [-0.15, -0.1) is 0 Å². The zero-order chi connectivity index (χ0) is 11.5. The lowest BCUT2D eigenvalue weighted by Gasteiger charge is -2.11. The number of aliphatic hydroxyl groups is 1. The van der Waals surface area contributed by atoms with Gasteiger partial charge >= 0.3 is 0 Å². The van der Waals surface area contributed by atoms with Crippen molar-refractivity contribution >= 4 is 23.2 Å². The molecule has 1 heterocycles. The number of hydrogen-bond donors (Lipinski definition) is 1. The van der Waals surface area contributed by atoms with E-state index in [1.807, 2.05) is 0 Å². The minimum absolute atomic E-state index is 0.449. The third kappa shape index (κ3) is 2.35. The van der Waals surface area contributed by atoms with E-state index in [-0.39, 0.29) is 0 Å². The van der Waals surface area contributed by atoms with Gasteiger partial charge in [-0.3, -0.25) is 4.98 Å². The molecule has 4 heteroatoms. The maximum Gasteiger partial charge on any atom is 0.122 e. The van der Waals surface area contributed by atoms with Crippen molar-refractivity contribution in [2.75, 3.05) is 0 Å². The normalized spacial score (nSPS) is 12.4. The molecule has 0 saturated carbocycles. The molecule has 2 rings (SSSR count). The summed E-state index contributed by atoms with van der Waals surface area (Å²) in [6, 6.07) is 10.4. The fourth-order valence-electron chi connectivity index (χ4n) is 1.40. The average Bonchev–Trinajstić information content (AvgIpc) is 2.30. The van der Waals surface area contributed by atoms with E-state index in [4.69, 9.17) is 23.2 Å². The molecule has 0 fully saturated rings. The summed E-state index contributed by atoms with van der Waals surface area (Å²) in [6.45, 7) is 0. The molecule has 0 amide bonds. The van der Waals surface area contributed by atoms with E-state index in [2.05, 4.69) is 4.98 Å². The molecule has 0 spiro atoms. The topological polar surface area (TPSA) is 33.1 Å². The highest BCUT2D eigenvalue weighted by Gasteiger charge is 2.14. The Hall–Kier alpha value is -1.09. The molecular weight excluding hydrogens is 245 g/mol. The monoisotopic (exact) mass is 253 g/mol. The van der Waals surface area contributed by atoms with Gasteiger partial charge in [-0.25, -0.2) is 0 Å². The second-order valence-corrected chi connectivity index (χ2v) is 4.17. The van der Waals surface area contributed by atoms with Crippen molar-refractivity contribution in [1.29, 1.82) is 0 Å². The number of nitrogens with zero attached hydrogens (tertiary/aromatic N) is 1. The Morgan fingerprint density at radius 1 is 1.06 bits per heavy atom. The summed E-state index contributed by atoms with van der Waals surface area (Å²) < 4.78 is 0. The number of aliphatic hydroxyl groups excluding tert-OH is 1. The molecule has 0 bridgehead atoms. The molecule has 1 N–H and O–H groups in total. The summed E-state index contributed by atoms with van der Waals surface area (Å²) in [6.07, 6.45) is 0.770. The summed E-state index contributed by atoms with van der Waals surface area (Å²) in [7, 11) is 0. The van der Waals surface area contributed by atoms with E-state index < -0.39 is 6.10 Å². The molecule has 0 radical (unpaired) electrons. The Bertz CT molecular complexity index is 485. The molecule has 1 aromatic carbocycles. The molecule has 82 valence electrons. The van der Waals surface area contributed by atoms with Crippen LogP contribution in [-0.4, -0.2) is 10.1 Å². The predicted molar refractivity (Wildman–Crippen MR) is 64.8 cm³/mol. The molecule has 16 heavy (non-hydrogen) atoms. The van der Waals surface area contributed by atoms with Crippen LogP contribution in [-0.2, 0) is 0 Å². The lowest BCUT2D eigenvalue weighted by Crippen LogP contribution is -2.02. The molecule has 1 aromatic heterocycles. The van der Waals surface area contributed by atoms with Crippen LogP contribution >= 0.6 is 23.2 Å². The van der Waals surface area contributed by atoms with Crippen molar-refractivity contribution in [1.82, 2.24) is 4.98 Å². The fourth-order valence-corrected chi connectivity index (χ4v) is 1.75. The van der Waals surface area contributed by atoms with Crippen molar-refractivity contribution in [3.8, 4) is 0 Å². The number of rotatable bonds is 2. The van der Waals surface area contributed by atoms with Crippen LogP contribution < -0.4 is 0 Å². The van der Waals surface area contributed by atoms with Gasteiger partial charge in [-0.05, 0) is 29.8 Å². The molecule has 0 aliphatic rings. The van der Waals surface area contributed by atoms with Crippen LogP contribution in [0.5, 0.6) is 0 Å². The standard InChI is InChI=1S/C12H9Cl2NO/c13-9-5-3-8(4-6-9)12(16)11-10(14)2-1-7-15-11/h1-7,12,16H. The summed E-state index contributed by atoms with van der Waals surface area (Å²) in [5.74, 6) is 0. The van der Waals surface area contributed by atoms with Gasteiger partial charge in [0, 0.05) is 11.2 Å². The van der Waals surface area contributed by atoms with Crippen molar-refractivity contribution < 1.29 is 5.11 Å². The van der Waals surface area contributed by atoms with E-state index in [1.54, 1.807) is 42.6 Å². The Morgan fingerprint density at radius 2 is 1.75 bits per heavy atom. The molecular formula is C12H9Cl2NO. The van der Waals surface area contributed by atoms with Crippen LogP contribution in [0.2, 0.25) is 10.0 Å². The highest BCUT2D eigenvalue weighted by molar-refractivity contribution is 6.31. The minimum atomic E-state index is -0.828. The maximum absolute atomic E-state index is 10.1. The second kappa shape index (κ2) is 4.83. The highest BCUT2D eigenvalue weighted by Crippen LogP contribution is 2.26. The number of aromatic nitrogens is 1. The Morgan fingerprint density at radius 3 is 2.38 bits per heavy atom. The van der Waals surface area contributed by atoms with Crippen LogP contribution in [0.15, 0.2) is 42.6 Å². The first kappa shape index (κ1) is 11.4. The van der Waals surface area contributed by atoms with Gasteiger partial charge in [0.2, 0.25) is 0 Å². The Labute approximate surface area is 103 Å². The van der Waals surface area contributed by atoms with E-state index in [9.17, 15) is 5.11 Å². The molecule has 1 unspecified atom stereocenters. The fraction of sp³-hybridized carbons (Fsp3) is 0.0833. The first-order valence-corrected chi connectivity index (χ1v) is 5.48. The van der Waals surface area contributed by atoms with Gasteiger partial charge in [0.25, 0.3) is 0 Å². The van der Waals surface area contributed by atoms with Crippen molar-refractivity contribution in [3.63, 3.8) is 0 Å². The molecule has 0 saturated heterocycles. The van der Waals surface area contributed by atoms with Crippen LogP contribution in [0.1, 0.15) is 17.4 Å². The van der Waals surface area contributed by atoms with E-state index in [0.29, 0.717) is 21.3 Å². The second-order valence-electron chi connectivity index (χ2n) is 3.32. The number of benzene rings is 1. The quantitative estimate of drug-likeness (QED) is 0.890. The van der Waals surface area contributed by atoms with Crippen LogP contribution in [0.4, 0.5) is 0 Å². The molecule has 2 aromatic rings. The van der Waals surface area contributed by atoms with Crippen LogP contribution in [0.25, 0.3) is 0 Å². The molecule has 1 atom stereocenters. The largest absolute Gasteiger partial charge is 0.382 e. The van der Waals surface area contributed by atoms with Crippen molar-refractivity contribution in [2.45, 2.75) is 6.10 Å². The lowest BCUT2D eigenvalue weighted by molar-refractivity contribution is 0.215. The summed E-state index contributed by atoms with van der Waals surface area (Å²) in [5.41, 5.74) is 1.16. The lowest BCUT2D eigenvalue weighted by atomic mass is 10.1. The van der Waals surface area contributed by atoms with E-state index in [1.165, 1.54) is 0 Å². The van der Waals surface area contributed by atoms with E-state index in [0.717, 1.165) is 0 Å². The molecule has 0 aliphatic heterocycles. The number of hydrogen-bond acceptors (Lipinski definition) is 2.